The Bertz CT molecular complexity index is 1080. The lowest BCUT2D eigenvalue weighted by Gasteiger charge is -2.26. The molecule has 3 heterocycles. The molecule has 0 bridgehead atoms. The quantitative estimate of drug-likeness (QED) is 0.601. The van der Waals surface area contributed by atoms with Crippen LogP contribution in [0.2, 0.25) is 0 Å². The van der Waals surface area contributed by atoms with Crippen molar-refractivity contribution >= 4 is 22.6 Å². The average molecular weight is 393 g/mol. The van der Waals surface area contributed by atoms with Crippen molar-refractivity contribution in [1.82, 2.24) is 14.8 Å². The Balaban J connectivity index is 1.79. The van der Waals surface area contributed by atoms with Gasteiger partial charge in [0.15, 0.2) is 11.5 Å². The summed E-state index contributed by atoms with van der Waals surface area (Å²) in [6.45, 7) is 1.20. The van der Waals surface area contributed by atoms with E-state index in [-0.39, 0.29) is 11.3 Å². The molecular formula is C22H23N3O4. The van der Waals surface area contributed by atoms with Gasteiger partial charge in [-0.25, -0.2) is 0 Å². The second kappa shape index (κ2) is 7.60. The summed E-state index contributed by atoms with van der Waals surface area (Å²) < 4.78 is 5.25. The molecule has 1 atom stereocenters. The molecule has 0 aliphatic carbocycles. The van der Waals surface area contributed by atoms with E-state index < -0.39 is 23.5 Å². The summed E-state index contributed by atoms with van der Waals surface area (Å²) in [5, 5.41) is 11.6. The highest BCUT2D eigenvalue weighted by atomic mass is 16.3. The summed E-state index contributed by atoms with van der Waals surface area (Å²) in [7, 11) is 3.93. The van der Waals surface area contributed by atoms with Crippen molar-refractivity contribution in [2.45, 2.75) is 12.5 Å². The van der Waals surface area contributed by atoms with E-state index in [4.69, 9.17) is 4.42 Å². The van der Waals surface area contributed by atoms with E-state index >= 15 is 0 Å². The maximum Gasteiger partial charge on any atom is 0.290 e. The van der Waals surface area contributed by atoms with Gasteiger partial charge in [0.25, 0.3) is 5.91 Å². The minimum Gasteiger partial charge on any atom is -0.503 e. The van der Waals surface area contributed by atoms with Gasteiger partial charge in [0.2, 0.25) is 5.78 Å². The first kappa shape index (κ1) is 19.0. The molecule has 2 N–H and O–H groups in total. The summed E-state index contributed by atoms with van der Waals surface area (Å²) in [6.07, 6.45) is 3.92. The fourth-order valence-corrected chi connectivity index (χ4v) is 3.86. The van der Waals surface area contributed by atoms with Crippen molar-refractivity contribution in [3.63, 3.8) is 0 Å². The number of aromatic nitrogens is 1. The third kappa shape index (κ3) is 3.34. The molecular weight excluding hydrogens is 370 g/mol. The molecule has 0 spiro atoms. The topological polar surface area (TPSA) is 89.8 Å². The van der Waals surface area contributed by atoms with E-state index in [2.05, 4.69) is 4.98 Å². The summed E-state index contributed by atoms with van der Waals surface area (Å²) >= 11 is 0. The Kier molecular flexibility index (Phi) is 4.98. The molecule has 7 nitrogen and oxygen atoms in total. The number of aromatic amines is 1. The van der Waals surface area contributed by atoms with Gasteiger partial charge in [-0.2, -0.15) is 0 Å². The van der Waals surface area contributed by atoms with Crippen LogP contribution in [0.25, 0.3) is 10.9 Å². The van der Waals surface area contributed by atoms with Crippen LogP contribution < -0.4 is 0 Å². The number of nitrogens with zero attached hydrogens (tertiary/aromatic N) is 2. The van der Waals surface area contributed by atoms with Crippen LogP contribution in [0.4, 0.5) is 0 Å². The molecule has 2 aromatic heterocycles. The normalized spacial score (nSPS) is 17.1. The number of nitrogens with one attached hydrogen (secondary N) is 1. The van der Waals surface area contributed by atoms with Gasteiger partial charge in [-0.05, 0) is 45.3 Å². The van der Waals surface area contributed by atoms with Gasteiger partial charge in [0.1, 0.15) is 0 Å². The van der Waals surface area contributed by atoms with Crippen molar-refractivity contribution in [2.75, 3.05) is 27.2 Å². The zero-order valence-electron chi connectivity index (χ0n) is 16.4. The number of para-hydroxylation sites is 1. The van der Waals surface area contributed by atoms with Gasteiger partial charge in [0, 0.05) is 29.2 Å². The minimum atomic E-state index is -0.682. The minimum absolute atomic E-state index is 0.0551. The van der Waals surface area contributed by atoms with Crippen molar-refractivity contribution in [3.8, 4) is 0 Å². The van der Waals surface area contributed by atoms with E-state index in [9.17, 15) is 14.7 Å². The molecule has 3 aromatic rings. The molecule has 0 saturated heterocycles. The van der Waals surface area contributed by atoms with Crippen LogP contribution >= 0.6 is 0 Å². The predicted octanol–water partition coefficient (Wildman–Crippen LogP) is 3.29. The monoisotopic (exact) mass is 393 g/mol. The van der Waals surface area contributed by atoms with Crippen molar-refractivity contribution in [3.05, 3.63) is 71.5 Å². The largest absolute Gasteiger partial charge is 0.503 e. The highest BCUT2D eigenvalue weighted by Gasteiger charge is 2.44. The number of amides is 1. The Labute approximate surface area is 168 Å². The standard InChI is InChI=1S/C22H23N3O4/c1-24(2)10-6-11-25-19(15-13-23-16-8-4-3-7-14(15)16)18(21(27)22(25)28)20(26)17-9-5-12-29-17/h3-5,7-9,12-13,19,23,27H,6,10-11H2,1-2H3. The first-order valence-corrected chi connectivity index (χ1v) is 9.52. The second-order valence-corrected chi connectivity index (χ2v) is 7.42. The first-order chi connectivity index (χ1) is 14.0. The highest BCUT2D eigenvalue weighted by molar-refractivity contribution is 6.15. The van der Waals surface area contributed by atoms with Crippen molar-refractivity contribution < 1.29 is 19.1 Å². The lowest BCUT2D eigenvalue weighted by atomic mass is 9.94. The van der Waals surface area contributed by atoms with Gasteiger partial charge in [-0.1, -0.05) is 18.2 Å². The molecule has 1 aromatic carbocycles. The number of ketones is 1. The number of furan rings is 1. The lowest BCUT2D eigenvalue weighted by Crippen LogP contribution is -2.33. The van der Waals surface area contributed by atoms with Gasteiger partial charge < -0.3 is 24.3 Å². The van der Waals surface area contributed by atoms with Gasteiger partial charge in [-0.15, -0.1) is 0 Å². The van der Waals surface area contributed by atoms with Gasteiger partial charge in [0.05, 0.1) is 17.9 Å². The zero-order chi connectivity index (χ0) is 20.5. The van der Waals surface area contributed by atoms with Gasteiger partial charge >= 0.3 is 0 Å². The number of aliphatic hydroxyl groups excluding tert-OH is 1. The smallest absolute Gasteiger partial charge is 0.290 e. The number of benzene rings is 1. The van der Waals surface area contributed by atoms with Crippen LogP contribution in [-0.2, 0) is 4.79 Å². The van der Waals surface area contributed by atoms with E-state index in [1.807, 2.05) is 43.3 Å². The fourth-order valence-electron chi connectivity index (χ4n) is 3.86. The van der Waals surface area contributed by atoms with Crippen LogP contribution in [-0.4, -0.2) is 58.8 Å². The number of carbonyl (C=O) groups is 2. The Morgan fingerprint density at radius 3 is 2.76 bits per heavy atom. The van der Waals surface area contributed by atoms with Crippen LogP contribution in [0.5, 0.6) is 0 Å². The molecule has 29 heavy (non-hydrogen) atoms. The molecule has 1 aliphatic heterocycles. The molecule has 4 rings (SSSR count). The second-order valence-electron chi connectivity index (χ2n) is 7.42. The Morgan fingerprint density at radius 2 is 2.03 bits per heavy atom. The fraction of sp³-hybridized carbons (Fsp3) is 0.273. The Hall–Kier alpha value is -3.32. The summed E-state index contributed by atoms with van der Waals surface area (Å²) in [5.41, 5.74) is 1.73. The van der Waals surface area contributed by atoms with E-state index in [1.54, 1.807) is 17.2 Å². The summed E-state index contributed by atoms with van der Waals surface area (Å²) in [5.74, 6) is -1.42. The maximum atomic E-state index is 13.1. The van der Waals surface area contributed by atoms with Crippen molar-refractivity contribution in [1.29, 1.82) is 0 Å². The third-order valence-corrected chi connectivity index (χ3v) is 5.21. The lowest BCUT2D eigenvalue weighted by molar-refractivity contribution is -0.129. The molecule has 150 valence electrons. The predicted molar refractivity (Wildman–Crippen MR) is 109 cm³/mol. The molecule has 0 radical (unpaired) electrons. The third-order valence-electron chi connectivity index (χ3n) is 5.21. The van der Waals surface area contributed by atoms with Crippen LogP contribution in [0.1, 0.15) is 28.6 Å². The summed E-state index contributed by atoms with van der Waals surface area (Å²) in [4.78, 5) is 32.8. The molecule has 1 unspecified atom stereocenters. The van der Waals surface area contributed by atoms with Crippen LogP contribution in [0.15, 0.2) is 64.6 Å². The summed E-state index contributed by atoms with van der Waals surface area (Å²) in [6, 6.07) is 10.2. The van der Waals surface area contributed by atoms with Gasteiger partial charge in [-0.3, -0.25) is 9.59 Å². The number of Topliss-reactive ketones (excluding diaryl/α,β-unsaturated/α-hetero) is 1. The SMILES string of the molecule is CN(C)CCCN1C(=O)C(O)=C(C(=O)c2ccco2)C1c1c[nH]c2ccccc12. The average Bonchev–Trinajstić information content (AvgIpc) is 3.42. The van der Waals surface area contributed by atoms with Crippen LogP contribution in [0.3, 0.4) is 0 Å². The van der Waals surface area contributed by atoms with E-state index in [0.717, 1.165) is 23.0 Å². The van der Waals surface area contributed by atoms with E-state index in [1.165, 1.54) is 12.3 Å². The highest BCUT2D eigenvalue weighted by Crippen LogP contribution is 2.41. The van der Waals surface area contributed by atoms with Crippen LogP contribution in [0, 0.1) is 0 Å². The first-order valence-electron chi connectivity index (χ1n) is 9.52. The van der Waals surface area contributed by atoms with Crippen molar-refractivity contribution in [2.24, 2.45) is 0 Å². The molecule has 7 heteroatoms. The molecule has 1 amide bonds. The molecule has 0 saturated carbocycles. The number of fused-ring (bicyclic) bond motifs is 1. The maximum absolute atomic E-state index is 13.1. The number of hydrogen-bond acceptors (Lipinski definition) is 5. The molecule has 0 fully saturated rings. The van der Waals surface area contributed by atoms with E-state index in [0.29, 0.717) is 13.0 Å². The number of aliphatic hydroxyl groups is 1. The number of H-pyrrole nitrogens is 1. The zero-order valence-corrected chi connectivity index (χ0v) is 16.4. The number of rotatable bonds is 7. The number of hydrogen-bond donors (Lipinski definition) is 2. The molecule has 1 aliphatic rings. The Morgan fingerprint density at radius 1 is 1.24 bits per heavy atom. The number of carbonyl (C=O) groups excluding carboxylic acids is 2.